The lowest BCUT2D eigenvalue weighted by Gasteiger charge is -2.36. The molecule has 2 rings (SSSR count). The van der Waals surface area contributed by atoms with E-state index >= 15 is 0 Å². The molecule has 1 aromatic carbocycles. The zero-order chi connectivity index (χ0) is 15.9. The smallest absolute Gasteiger partial charge is 0.131 e. The Labute approximate surface area is 157 Å². The molecule has 7 heteroatoms. The molecule has 1 aliphatic heterocycles. The molecule has 0 saturated carbocycles. The standard InChI is InChI=1S/C17H28N2O3.2ClH/c1-4-5-6-14(19-9-7-18-8-10-19)17-15(20)11-13(21-2)12-16(17)22-3;;/h11-12,14,18,20H,4-10H2,1-3H3;2*1H/t14-;;/m0../s1. The van der Waals surface area contributed by atoms with E-state index < -0.39 is 0 Å². The van der Waals surface area contributed by atoms with Crippen LogP contribution in [0.3, 0.4) is 0 Å². The zero-order valence-corrected chi connectivity index (χ0v) is 16.3. The molecule has 0 aliphatic carbocycles. The number of unbranched alkanes of at least 4 members (excludes halogenated alkanes) is 1. The third-order valence-corrected chi connectivity index (χ3v) is 4.31. The average Bonchev–Trinajstić information content (AvgIpc) is 2.56. The first-order valence-corrected chi connectivity index (χ1v) is 8.10. The Morgan fingerprint density at radius 2 is 1.83 bits per heavy atom. The number of methoxy groups -OCH3 is 2. The summed E-state index contributed by atoms with van der Waals surface area (Å²) in [5.74, 6) is 1.58. The fourth-order valence-electron chi connectivity index (χ4n) is 3.11. The molecule has 140 valence electrons. The third kappa shape index (κ3) is 5.59. The minimum atomic E-state index is 0. The number of benzene rings is 1. The zero-order valence-electron chi connectivity index (χ0n) is 14.7. The van der Waals surface area contributed by atoms with Crippen LogP contribution in [0.25, 0.3) is 0 Å². The van der Waals surface area contributed by atoms with Crippen LogP contribution in [-0.4, -0.2) is 50.4 Å². The van der Waals surface area contributed by atoms with Crippen molar-refractivity contribution in [3.05, 3.63) is 17.7 Å². The first-order chi connectivity index (χ1) is 10.7. The summed E-state index contributed by atoms with van der Waals surface area (Å²) >= 11 is 0. The summed E-state index contributed by atoms with van der Waals surface area (Å²) in [7, 11) is 3.24. The van der Waals surface area contributed by atoms with Gasteiger partial charge in [0.15, 0.2) is 0 Å². The van der Waals surface area contributed by atoms with E-state index in [9.17, 15) is 5.11 Å². The van der Waals surface area contributed by atoms with Gasteiger partial charge in [0.2, 0.25) is 0 Å². The molecule has 1 saturated heterocycles. The highest BCUT2D eigenvalue weighted by molar-refractivity contribution is 5.85. The van der Waals surface area contributed by atoms with Crippen LogP contribution in [0.4, 0.5) is 0 Å². The molecule has 0 radical (unpaired) electrons. The average molecular weight is 381 g/mol. The van der Waals surface area contributed by atoms with E-state index in [0.29, 0.717) is 11.5 Å². The van der Waals surface area contributed by atoms with Gasteiger partial charge in [0, 0.05) is 44.4 Å². The van der Waals surface area contributed by atoms with Crippen LogP contribution in [0, 0.1) is 0 Å². The lowest BCUT2D eigenvalue weighted by molar-refractivity contribution is 0.157. The van der Waals surface area contributed by atoms with Crippen molar-refractivity contribution in [1.82, 2.24) is 10.2 Å². The Morgan fingerprint density at radius 3 is 2.38 bits per heavy atom. The van der Waals surface area contributed by atoms with Crippen LogP contribution in [0.2, 0.25) is 0 Å². The van der Waals surface area contributed by atoms with Crippen molar-refractivity contribution in [1.29, 1.82) is 0 Å². The molecule has 24 heavy (non-hydrogen) atoms. The molecule has 0 bridgehead atoms. The van der Waals surface area contributed by atoms with Gasteiger partial charge in [0.25, 0.3) is 0 Å². The van der Waals surface area contributed by atoms with Crippen LogP contribution >= 0.6 is 24.8 Å². The van der Waals surface area contributed by atoms with Crippen molar-refractivity contribution in [2.75, 3.05) is 40.4 Å². The summed E-state index contributed by atoms with van der Waals surface area (Å²) in [5.41, 5.74) is 0.888. The number of phenolic OH excluding ortho intramolecular Hbond substituents is 1. The number of hydrogen-bond donors (Lipinski definition) is 2. The van der Waals surface area contributed by atoms with E-state index in [-0.39, 0.29) is 36.6 Å². The second-order valence-corrected chi connectivity index (χ2v) is 5.71. The molecule has 2 N–H and O–H groups in total. The molecule has 1 heterocycles. The molecule has 0 aromatic heterocycles. The quantitative estimate of drug-likeness (QED) is 0.758. The molecule has 0 unspecified atom stereocenters. The predicted molar refractivity (Wildman–Crippen MR) is 102 cm³/mol. The second-order valence-electron chi connectivity index (χ2n) is 5.71. The number of phenols is 1. The van der Waals surface area contributed by atoms with E-state index in [2.05, 4.69) is 17.1 Å². The van der Waals surface area contributed by atoms with E-state index in [1.165, 1.54) is 0 Å². The summed E-state index contributed by atoms with van der Waals surface area (Å²) in [5, 5.41) is 13.9. The van der Waals surface area contributed by atoms with Crippen molar-refractivity contribution in [2.45, 2.75) is 32.2 Å². The molecule has 1 aliphatic rings. The van der Waals surface area contributed by atoms with Crippen molar-refractivity contribution in [3.63, 3.8) is 0 Å². The number of ether oxygens (including phenoxy) is 2. The van der Waals surface area contributed by atoms with E-state index in [1.54, 1.807) is 20.3 Å². The minimum Gasteiger partial charge on any atom is -0.507 e. The van der Waals surface area contributed by atoms with Gasteiger partial charge in [0.1, 0.15) is 17.2 Å². The Kier molecular flexibility index (Phi) is 11.2. The molecular formula is C17H30Cl2N2O3. The van der Waals surface area contributed by atoms with Gasteiger partial charge >= 0.3 is 0 Å². The molecule has 0 spiro atoms. The van der Waals surface area contributed by atoms with Gasteiger partial charge < -0.3 is 19.9 Å². The van der Waals surface area contributed by atoms with Gasteiger partial charge in [-0.1, -0.05) is 19.8 Å². The number of nitrogens with zero attached hydrogens (tertiary/aromatic N) is 1. The van der Waals surface area contributed by atoms with Crippen LogP contribution in [0.15, 0.2) is 12.1 Å². The van der Waals surface area contributed by atoms with E-state index in [1.807, 2.05) is 6.07 Å². The Hall–Kier alpha value is -0.880. The van der Waals surface area contributed by atoms with Crippen molar-refractivity contribution < 1.29 is 14.6 Å². The monoisotopic (exact) mass is 380 g/mol. The Morgan fingerprint density at radius 1 is 1.17 bits per heavy atom. The maximum absolute atomic E-state index is 10.5. The predicted octanol–water partition coefficient (Wildman–Crippen LogP) is 3.39. The SMILES string of the molecule is CCCC[C@@H](c1c(O)cc(OC)cc1OC)N1CCNCC1.Cl.Cl. The van der Waals surface area contributed by atoms with Gasteiger partial charge in [-0.2, -0.15) is 0 Å². The molecule has 1 atom stereocenters. The van der Waals surface area contributed by atoms with Gasteiger partial charge in [-0.25, -0.2) is 0 Å². The summed E-state index contributed by atoms with van der Waals surface area (Å²) in [6, 6.07) is 3.72. The summed E-state index contributed by atoms with van der Waals surface area (Å²) in [6.45, 7) is 6.15. The first-order valence-electron chi connectivity index (χ1n) is 8.10. The minimum absolute atomic E-state index is 0. The molecule has 0 amide bonds. The van der Waals surface area contributed by atoms with Crippen molar-refractivity contribution in [3.8, 4) is 17.2 Å². The Balaban J connectivity index is 0.00000264. The largest absolute Gasteiger partial charge is 0.507 e. The highest BCUT2D eigenvalue weighted by atomic mass is 35.5. The summed E-state index contributed by atoms with van der Waals surface area (Å²) in [4.78, 5) is 2.44. The van der Waals surface area contributed by atoms with Crippen LogP contribution < -0.4 is 14.8 Å². The first kappa shape index (κ1) is 23.1. The molecule has 5 nitrogen and oxygen atoms in total. The Bertz CT molecular complexity index is 483. The fraction of sp³-hybridized carbons (Fsp3) is 0.647. The van der Waals surface area contributed by atoms with Gasteiger partial charge in [-0.05, 0) is 6.42 Å². The molecular weight excluding hydrogens is 351 g/mol. The van der Waals surface area contributed by atoms with Gasteiger partial charge in [-0.15, -0.1) is 24.8 Å². The maximum atomic E-state index is 10.5. The maximum Gasteiger partial charge on any atom is 0.131 e. The topological polar surface area (TPSA) is 54.0 Å². The van der Waals surface area contributed by atoms with Crippen LogP contribution in [-0.2, 0) is 0 Å². The van der Waals surface area contributed by atoms with Crippen LogP contribution in [0.1, 0.15) is 37.8 Å². The van der Waals surface area contributed by atoms with Gasteiger partial charge in [-0.3, -0.25) is 4.90 Å². The number of hydrogen-bond acceptors (Lipinski definition) is 5. The normalized spacial score (nSPS) is 15.8. The number of aromatic hydroxyl groups is 1. The lowest BCUT2D eigenvalue weighted by atomic mass is 9.96. The van der Waals surface area contributed by atoms with Gasteiger partial charge in [0.05, 0.1) is 19.8 Å². The van der Waals surface area contributed by atoms with E-state index in [4.69, 9.17) is 9.47 Å². The molecule has 1 aromatic rings. The summed E-state index contributed by atoms with van der Waals surface area (Å²) < 4.78 is 10.8. The van der Waals surface area contributed by atoms with Crippen molar-refractivity contribution >= 4 is 24.8 Å². The number of piperazine rings is 1. The third-order valence-electron chi connectivity index (χ3n) is 4.31. The van der Waals surface area contributed by atoms with Crippen molar-refractivity contribution in [2.24, 2.45) is 0 Å². The molecule has 1 fully saturated rings. The van der Waals surface area contributed by atoms with Crippen LogP contribution in [0.5, 0.6) is 17.2 Å². The fourth-order valence-corrected chi connectivity index (χ4v) is 3.11. The van der Waals surface area contributed by atoms with E-state index in [0.717, 1.165) is 51.0 Å². The highest BCUT2D eigenvalue weighted by Crippen LogP contribution is 2.42. The second kappa shape index (κ2) is 11.6. The number of rotatable bonds is 7. The number of nitrogens with one attached hydrogen (secondary N) is 1. The lowest BCUT2D eigenvalue weighted by Crippen LogP contribution is -2.45. The number of halogens is 2. The highest BCUT2D eigenvalue weighted by Gasteiger charge is 2.27. The summed E-state index contributed by atoms with van der Waals surface area (Å²) in [6.07, 6.45) is 3.29.